The predicted octanol–water partition coefficient (Wildman–Crippen LogP) is 3.54. The maximum atomic E-state index is 12.8. The second-order valence-electron chi connectivity index (χ2n) is 5.09. The molecule has 1 aromatic carbocycles. The van der Waals surface area contributed by atoms with E-state index in [1.807, 2.05) is 7.05 Å². The van der Waals surface area contributed by atoms with Crippen LogP contribution in [0.3, 0.4) is 0 Å². The lowest BCUT2D eigenvalue weighted by molar-refractivity contribution is -0.138. The zero-order valence-electron chi connectivity index (χ0n) is 11.0. The first-order valence-electron chi connectivity index (χ1n) is 6.56. The maximum Gasteiger partial charge on any atom is 0.416 e. The number of alkyl halides is 3. The van der Waals surface area contributed by atoms with Gasteiger partial charge in [0.2, 0.25) is 0 Å². The van der Waals surface area contributed by atoms with E-state index in [4.69, 9.17) is 5.73 Å². The highest BCUT2D eigenvalue weighted by molar-refractivity contribution is 5.52. The SMILES string of the molecule is CN(c1ccc(C(F)(F)F)c(CN)c1)C1CCCC1. The Labute approximate surface area is 111 Å². The van der Waals surface area contributed by atoms with Crippen molar-refractivity contribution in [3.05, 3.63) is 29.3 Å². The van der Waals surface area contributed by atoms with Gasteiger partial charge in [-0.3, -0.25) is 0 Å². The Morgan fingerprint density at radius 1 is 1.26 bits per heavy atom. The number of hydrogen-bond donors (Lipinski definition) is 1. The summed E-state index contributed by atoms with van der Waals surface area (Å²) in [7, 11) is 1.94. The molecule has 0 amide bonds. The third kappa shape index (κ3) is 3.03. The van der Waals surface area contributed by atoms with E-state index in [2.05, 4.69) is 4.90 Å². The van der Waals surface area contributed by atoms with Gasteiger partial charge in [-0.2, -0.15) is 13.2 Å². The minimum atomic E-state index is -4.33. The number of benzene rings is 1. The van der Waals surface area contributed by atoms with E-state index >= 15 is 0 Å². The Morgan fingerprint density at radius 3 is 2.42 bits per heavy atom. The van der Waals surface area contributed by atoms with Crippen molar-refractivity contribution in [1.29, 1.82) is 0 Å². The quantitative estimate of drug-likeness (QED) is 0.912. The molecule has 19 heavy (non-hydrogen) atoms. The zero-order chi connectivity index (χ0) is 14.0. The Morgan fingerprint density at radius 2 is 1.89 bits per heavy atom. The molecular weight excluding hydrogens is 253 g/mol. The lowest BCUT2D eigenvalue weighted by Crippen LogP contribution is -2.29. The summed E-state index contributed by atoms with van der Waals surface area (Å²) in [5.74, 6) is 0. The van der Waals surface area contributed by atoms with Crippen molar-refractivity contribution < 1.29 is 13.2 Å². The van der Waals surface area contributed by atoms with E-state index in [1.165, 1.54) is 12.8 Å². The summed E-state index contributed by atoms with van der Waals surface area (Å²) in [6.45, 7) is -0.0960. The molecule has 0 atom stereocenters. The molecule has 5 heteroatoms. The fraction of sp³-hybridized carbons (Fsp3) is 0.571. The largest absolute Gasteiger partial charge is 0.416 e. The van der Waals surface area contributed by atoms with Crippen LogP contribution in [0, 0.1) is 0 Å². The van der Waals surface area contributed by atoms with Gasteiger partial charge in [0.25, 0.3) is 0 Å². The van der Waals surface area contributed by atoms with Crippen LogP contribution < -0.4 is 10.6 Å². The van der Waals surface area contributed by atoms with Crippen molar-refractivity contribution in [2.24, 2.45) is 5.73 Å². The first-order valence-corrected chi connectivity index (χ1v) is 6.56. The van der Waals surface area contributed by atoms with E-state index in [0.717, 1.165) is 24.6 Å². The average Bonchev–Trinajstić information content (AvgIpc) is 2.89. The minimum Gasteiger partial charge on any atom is -0.372 e. The zero-order valence-corrected chi connectivity index (χ0v) is 11.0. The standard InChI is InChI=1S/C14H19F3N2/c1-19(11-4-2-3-5-11)12-6-7-13(14(15,16)17)10(8-12)9-18/h6-8,11H,2-5,9,18H2,1H3. The second kappa shape index (κ2) is 5.41. The van der Waals surface area contributed by atoms with E-state index in [0.29, 0.717) is 6.04 Å². The molecule has 2 nitrogen and oxygen atoms in total. The second-order valence-corrected chi connectivity index (χ2v) is 5.09. The molecule has 1 aliphatic rings. The molecule has 0 aliphatic heterocycles. The fourth-order valence-electron chi connectivity index (χ4n) is 2.75. The normalized spacial score (nSPS) is 16.9. The van der Waals surface area contributed by atoms with Crippen LogP contribution in [0.25, 0.3) is 0 Å². The number of anilines is 1. The lowest BCUT2D eigenvalue weighted by atomic mass is 10.0. The summed E-state index contributed by atoms with van der Waals surface area (Å²) in [5.41, 5.74) is 5.81. The molecule has 0 bridgehead atoms. The number of halogens is 3. The van der Waals surface area contributed by atoms with Crippen LogP contribution >= 0.6 is 0 Å². The number of nitrogens with zero attached hydrogens (tertiary/aromatic N) is 1. The molecule has 0 radical (unpaired) electrons. The summed E-state index contributed by atoms with van der Waals surface area (Å²) < 4.78 is 38.4. The van der Waals surface area contributed by atoms with Gasteiger partial charge in [0.15, 0.2) is 0 Å². The van der Waals surface area contributed by atoms with Crippen LogP contribution in [-0.2, 0) is 12.7 Å². The van der Waals surface area contributed by atoms with Crippen LogP contribution in [0.4, 0.5) is 18.9 Å². The number of hydrogen-bond acceptors (Lipinski definition) is 2. The average molecular weight is 272 g/mol. The van der Waals surface area contributed by atoms with Crippen LogP contribution in [-0.4, -0.2) is 13.1 Å². The van der Waals surface area contributed by atoms with Gasteiger partial charge in [-0.25, -0.2) is 0 Å². The van der Waals surface area contributed by atoms with E-state index in [1.54, 1.807) is 12.1 Å². The van der Waals surface area contributed by atoms with Gasteiger partial charge >= 0.3 is 6.18 Å². The van der Waals surface area contributed by atoms with Crippen LogP contribution in [0.5, 0.6) is 0 Å². The van der Waals surface area contributed by atoms with Gasteiger partial charge in [0.1, 0.15) is 0 Å². The molecule has 106 valence electrons. The highest BCUT2D eigenvalue weighted by atomic mass is 19.4. The third-order valence-electron chi connectivity index (χ3n) is 3.89. The molecule has 2 rings (SSSR count). The Kier molecular flexibility index (Phi) is 4.04. The van der Waals surface area contributed by atoms with Gasteiger partial charge in [0, 0.05) is 25.3 Å². The van der Waals surface area contributed by atoms with Crippen molar-refractivity contribution in [2.75, 3.05) is 11.9 Å². The Balaban J connectivity index is 2.28. The molecule has 1 aromatic rings. The van der Waals surface area contributed by atoms with Crippen molar-refractivity contribution in [3.63, 3.8) is 0 Å². The predicted molar refractivity (Wildman–Crippen MR) is 70.0 cm³/mol. The summed E-state index contributed by atoms with van der Waals surface area (Å²) >= 11 is 0. The van der Waals surface area contributed by atoms with E-state index in [9.17, 15) is 13.2 Å². The first-order chi connectivity index (χ1) is 8.93. The summed E-state index contributed by atoms with van der Waals surface area (Å²) in [5, 5.41) is 0. The van der Waals surface area contributed by atoms with Crippen LogP contribution in [0.2, 0.25) is 0 Å². The Hall–Kier alpha value is -1.23. The lowest BCUT2D eigenvalue weighted by Gasteiger charge is -2.27. The smallest absolute Gasteiger partial charge is 0.372 e. The van der Waals surface area contributed by atoms with Crippen LogP contribution in [0.15, 0.2) is 18.2 Å². The molecule has 0 aromatic heterocycles. The topological polar surface area (TPSA) is 29.3 Å². The third-order valence-corrected chi connectivity index (χ3v) is 3.89. The molecule has 0 heterocycles. The first kappa shape index (κ1) is 14.2. The summed E-state index contributed by atoms with van der Waals surface area (Å²) in [6.07, 6.45) is 0.267. The van der Waals surface area contributed by atoms with E-state index in [-0.39, 0.29) is 12.1 Å². The number of rotatable bonds is 3. The summed E-state index contributed by atoms with van der Waals surface area (Å²) in [4.78, 5) is 2.08. The van der Waals surface area contributed by atoms with Gasteiger partial charge in [-0.15, -0.1) is 0 Å². The minimum absolute atomic E-state index is 0.0960. The molecule has 2 N–H and O–H groups in total. The van der Waals surface area contributed by atoms with Gasteiger partial charge in [0.05, 0.1) is 5.56 Å². The van der Waals surface area contributed by atoms with Crippen molar-refractivity contribution in [2.45, 2.75) is 44.4 Å². The maximum absolute atomic E-state index is 12.8. The fourth-order valence-corrected chi connectivity index (χ4v) is 2.75. The highest BCUT2D eigenvalue weighted by Crippen LogP contribution is 2.35. The number of nitrogens with two attached hydrogens (primary N) is 1. The van der Waals surface area contributed by atoms with Gasteiger partial charge < -0.3 is 10.6 Å². The molecule has 1 saturated carbocycles. The van der Waals surface area contributed by atoms with E-state index < -0.39 is 11.7 Å². The van der Waals surface area contributed by atoms with Crippen molar-refractivity contribution in [3.8, 4) is 0 Å². The van der Waals surface area contributed by atoms with Crippen molar-refractivity contribution >= 4 is 5.69 Å². The molecular formula is C14H19F3N2. The molecule has 0 saturated heterocycles. The molecule has 0 unspecified atom stereocenters. The molecule has 1 aliphatic carbocycles. The van der Waals surface area contributed by atoms with Gasteiger partial charge in [-0.1, -0.05) is 12.8 Å². The molecule has 1 fully saturated rings. The van der Waals surface area contributed by atoms with Crippen molar-refractivity contribution in [1.82, 2.24) is 0 Å². The monoisotopic (exact) mass is 272 g/mol. The highest BCUT2D eigenvalue weighted by Gasteiger charge is 2.33. The molecule has 0 spiro atoms. The Bertz CT molecular complexity index is 437. The van der Waals surface area contributed by atoms with Crippen LogP contribution in [0.1, 0.15) is 36.8 Å². The van der Waals surface area contributed by atoms with Gasteiger partial charge in [-0.05, 0) is 36.6 Å². The summed E-state index contributed by atoms with van der Waals surface area (Å²) in [6, 6.07) is 4.69.